The smallest absolute Gasteiger partial charge is 0.198 e. The quantitative estimate of drug-likeness (QED) is 0.389. The number of fused-ring (bicyclic) bond motifs is 2. The van der Waals surface area contributed by atoms with Crippen molar-refractivity contribution in [2.75, 3.05) is 30.0 Å². The van der Waals surface area contributed by atoms with Gasteiger partial charge in [-0.15, -0.1) is 0 Å². The van der Waals surface area contributed by atoms with E-state index in [1.165, 1.54) is 25.3 Å². The molecule has 0 unspecified atom stereocenters. The van der Waals surface area contributed by atoms with Crippen molar-refractivity contribution in [2.45, 2.75) is 0 Å². The van der Waals surface area contributed by atoms with Crippen LogP contribution in [0.3, 0.4) is 0 Å². The fourth-order valence-corrected chi connectivity index (χ4v) is 3.45. The molecule has 0 heterocycles. The van der Waals surface area contributed by atoms with E-state index >= 15 is 0 Å². The predicted molar refractivity (Wildman–Crippen MR) is 110 cm³/mol. The van der Waals surface area contributed by atoms with Gasteiger partial charge < -0.3 is 32.4 Å². The van der Waals surface area contributed by atoms with E-state index in [4.69, 9.17) is 32.4 Å². The largest absolute Gasteiger partial charge is 0.493 e. The van der Waals surface area contributed by atoms with Gasteiger partial charge in [0.1, 0.15) is 0 Å². The molecule has 8 N–H and O–H groups in total. The second-order valence-corrected chi connectivity index (χ2v) is 6.53. The van der Waals surface area contributed by atoms with Gasteiger partial charge in [-0.3, -0.25) is 9.59 Å². The Morgan fingerprint density at radius 3 is 1.76 bits per heavy atom. The summed E-state index contributed by atoms with van der Waals surface area (Å²) in [6.07, 6.45) is 0. The van der Waals surface area contributed by atoms with Crippen molar-refractivity contribution in [3.8, 4) is 17.2 Å². The molecule has 0 aliphatic heterocycles. The molecule has 0 atom stereocenters. The number of ether oxygens (including phenoxy) is 2. The molecule has 8 heteroatoms. The summed E-state index contributed by atoms with van der Waals surface area (Å²) in [6.45, 7) is 0. The number of anilines is 4. The first-order chi connectivity index (χ1) is 13.8. The predicted octanol–water partition coefficient (Wildman–Crippen LogP) is 2.59. The third-order valence-corrected chi connectivity index (χ3v) is 4.83. The van der Waals surface area contributed by atoms with Crippen LogP contribution in [0.25, 0.3) is 0 Å². The van der Waals surface area contributed by atoms with E-state index in [2.05, 4.69) is 0 Å². The summed E-state index contributed by atoms with van der Waals surface area (Å²) in [6, 6.07) is 11.3. The third kappa shape index (κ3) is 2.61. The number of carbonyl (C=O) groups is 2. The second kappa shape index (κ2) is 6.45. The Hall–Kier alpha value is -4.20. The highest BCUT2D eigenvalue weighted by molar-refractivity contribution is 6.34. The van der Waals surface area contributed by atoms with E-state index in [-0.39, 0.29) is 50.8 Å². The van der Waals surface area contributed by atoms with Gasteiger partial charge in [-0.2, -0.15) is 0 Å². The van der Waals surface area contributed by atoms with Gasteiger partial charge in [-0.05, 0) is 24.3 Å². The second-order valence-electron chi connectivity index (χ2n) is 6.53. The van der Waals surface area contributed by atoms with Gasteiger partial charge in [0, 0.05) is 23.1 Å². The lowest BCUT2D eigenvalue weighted by Crippen LogP contribution is -2.26. The Bertz CT molecular complexity index is 1200. The van der Waals surface area contributed by atoms with Crippen LogP contribution in [-0.2, 0) is 0 Å². The van der Waals surface area contributed by atoms with E-state index in [0.717, 1.165) is 0 Å². The fourth-order valence-electron chi connectivity index (χ4n) is 3.45. The Balaban J connectivity index is 1.92. The van der Waals surface area contributed by atoms with Crippen LogP contribution in [0.4, 0.5) is 22.7 Å². The van der Waals surface area contributed by atoms with Crippen LogP contribution >= 0.6 is 0 Å². The molecule has 1 aliphatic rings. The Labute approximate surface area is 166 Å². The Morgan fingerprint density at radius 1 is 0.655 bits per heavy atom. The molecular formula is C21H18N4O4. The molecule has 3 aromatic rings. The summed E-state index contributed by atoms with van der Waals surface area (Å²) in [7, 11) is 1.50. The van der Waals surface area contributed by atoms with Crippen LogP contribution in [0.15, 0.2) is 42.5 Å². The number of ketones is 2. The van der Waals surface area contributed by atoms with Crippen LogP contribution in [0.2, 0.25) is 0 Å². The zero-order valence-electron chi connectivity index (χ0n) is 15.5. The first-order valence-corrected chi connectivity index (χ1v) is 8.65. The minimum Gasteiger partial charge on any atom is -0.493 e. The van der Waals surface area contributed by atoms with E-state index in [9.17, 15) is 9.59 Å². The lowest BCUT2D eigenvalue weighted by atomic mass is 9.80. The monoisotopic (exact) mass is 390 g/mol. The highest BCUT2D eigenvalue weighted by Crippen LogP contribution is 2.44. The van der Waals surface area contributed by atoms with Gasteiger partial charge in [0.15, 0.2) is 28.8 Å². The number of benzene rings is 3. The third-order valence-electron chi connectivity index (χ3n) is 4.83. The zero-order chi connectivity index (χ0) is 20.9. The van der Waals surface area contributed by atoms with Gasteiger partial charge in [-0.1, -0.05) is 12.1 Å². The van der Waals surface area contributed by atoms with Crippen LogP contribution in [0, 0.1) is 0 Å². The molecular weight excluding hydrogens is 372 g/mol. The summed E-state index contributed by atoms with van der Waals surface area (Å²) in [5, 5.41) is 0. The molecule has 0 radical (unpaired) electrons. The van der Waals surface area contributed by atoms with Crippen molar-refractivity contribution >= 4 is 34.3 Å². The molecule has 8 nitrogen and oxygen atoms in total. The number of nitrogen functional groups attached to an aromatic ring is 4. The van der Waals surface area contributed by atoms with E-state index in [1.807, 2.05) is 0 Å². The maximum absolute atomic E-state index is 13.2. The van der Waals surface area contributed by atoms with Gasteiger partial charge >= 0.3 is 0 Å². The summed E-state index contributed by atoms with van der Waals surface area (Å²) in [5.74, 6) is -0.0768. The van der Waals surface area contributed by atoms with Crippen molar-refractivity contribution in [3.63, 3.8) is 0 Å². The standard InChI is InChI=1S/C21H18N4O4/c1-28-12-4-2-3-5-13(12)29-14-8-11(24)17-18(19(14)25)21(27)16-10(23)7-6-9(22)15(16)20(17)26/h2-8H,22-25H2,1H3. The molecule has 4 rings (SSSR count). The topological polar surface area (TPSA) is 157 Å². The average molecular weight is 390 g/mol. The summed E-state index contributed by atoms with van der Waals surface area (Å²) >= 11 is 0. The van der Waals surface area contributed by atoms with Gasteiger partial charge in [0.25, 0.3) is 0 Å². The fraction of sp³-hybridized carbons (Fsp3) is 0.0476. The van der Waals surface area contributed by atoms with Crippen molar-refractivity contribution in [1.29, 1.82) is 0 Å². The maximum Gasteiger partial charge on any atom is 0.198 e. The van der Waals surface area contributed by atoms with Crippen molar-refractivity contribution in [1.82, 2.24) is 0 Å². The summed E-state index contributed by atoms with van der Waals surface area (Å²) in [5.41, 5.74) is 24.5. The minimum atomic E-state index is -0.533. The van der Waals surface area contributed by atoms with Crippen molar-refractivity contribution in [3.05, 3.63) is 64.7 Å². The Morgan fingerprint density at radius 2 is 1.17 bits per heavy atom. The number of nitrogens with two attached hydrogens (primary N) is 4. The number of para-hydroxylation sites is 2. The van der Waals surface area contributed by atoms with Crippen LogP contribution < -0.4 is 32.4 Å². The Kier molecular flexibility index (Phi) is 4.04. The van der Waals surface area contributed by atoms with E-state index < -0.39 is 11.6 Å². The van der Waals surface area contributed by atoms with E-state index in [0.29, 0.717) is 11.5 Å². The number of hydrogen-bond donors (Lipinski definition) is 4. The number of hydrogen-bond acceptors (Lipinski definition) is 8. The van der Waals surface area contributed by atoms with Gasteiger partial charge in [0.05, 0.1) is 35.1 Å². The molecule has 3 aromatic carbocycles. The molecule has 1 aliphatic carbocycles. The lowest BCUT2D eigenvalue weighted by molar-refractivity contribution is 0.0981. The van der Waals surface area contributed by atoms with Crippen LogP contribution in [-0.4, -0.2) is 18.7 Å². The minimum absolute atomic E-state index is 0.00956. The molecule has 0 saturated carbocycles. The average Bonchev–Trinajstić information content (AvgIpc) is 2.70. The van der Waals surface area contributed by atoms with Gasteiger partial charge in [-0.25, -0.2) is 0 Å². The molecule has 146 valence electrons. The first-order valence-electron chi connectivity index (χ1n) is 8.65. The normalized spacial score (nSPS) is 12.3. The molecule has 0 bridgehead atoms. The van der Waals surface area contributed by atoms with Crippen LogP contribution in [0.1, 0.15) is 31.8 Å². The van der Waals surface area contributed by atoms with Crippen molar-refractivity contribution < 1.29 is 19.1 Å². The first kappa shape index (κ1) is 18.2. The molecule has 0 fully saturated rings. The maximum atomic E-state index is 13.2. The lowest BCUT2D eigenvalue weighted by Gasteiger charge is -2.24. The number of methoxy groups -OCH3 is 1. The SMILES string of the molecule is COc1ccccc1Oc1cc(N)c2c(c1N)C(=O)c1c(N)ccc(N)c1C2=O. The molecule has 0 spiro atoms. The highest BCUT2D eigenvalue weighted by Gasteiger charge is 2.37. The molecule has 0 amide bonds. The molecule has 0 aromatic heterocycles. The van der Waals surface area contributed by atoms with Crippen LogP contribution in [0.5, 0.6) is 17.2 Å². The summed E-state index contributed by atoms with van der Waals surface area (Å²) in [4.78, 5) is 26.3. The van der Waals surface area contributed by atoms with Crippen molar-refractivity contribution in [2.24, 2.45) is 0 Å². The number of rotatable bonds is 3. The number of carbonyl (C=O) groups excluding carboxylic acids is 2. The molecule has 29 heavy (non-hydrogen) atoms. The molecule has 0 saturated heterocycles. The zero-order valence-corrected chi connectivity index (χ0v) is 15.5. The highest BCUT2D eigenvalue weighted by atomic mass is 16.5. The van der Waals surface area contributed by atoms with E-state index in [1.54, 1.807) is 24.3 Å². The van der Waals surface area contributed by atoms with Gasteiger partial charge in [0.2, 0.25) is 0 Å². The summed E-state index contributed by atoms with van der Waals surface area (Å²) < 4.78 is 11.1.